The van der Waals surface area contributed by atoms with Crippen LogP contribution in [0, 0.1) is 0 Å². The van der Waals surface area contributed by atoms with Crippen molar-refractivity contribution in [1.29, 1.82) is 0 Å². The minimum Gasteiger partial charge on any atom is -0.366 e. The quantitative estimate of drug-likeness (QED) is 0.480. The number of anilines is 1. The van der Waals surface area contributed by atoms with Crippen molar-refractivity contribution in [2.75, 3.05) is 31.1 Å². The smallest absolute Gasteiger partial charge is 0.248 e. The van der Waals surface area contributed by atoms with E-state index in [0.717, 1.165) is 59.6 Å². The van der Waals surface area contributed by atoms with E-state index in [0.29, 0.717) is 17.3 Å². The number of primary amides is 1. The molecule has 3 N–H and O–H groups in total. The lowest BCUT2D eigenvalue weighted by molar-refractivity contribution is 0.100. The van der Waals surface area contributed by atoms with Gasteiger partial charge in [0.05, 0.1) is 11.7 Å². The number of nitrogens with zero attached hydrogens (tertiary/aromatic N) is 5. The van der Waals surface area contributed by atoms with Crippen LogP contribution in [-0.2, 0) is 0 Å². The molecule has 34 heavy (non-hydrogen) atoms. The van der Waals surface area contributed by atoms with Crippen molar-refractivity contribution in [2.24, 2.45) is 5.73 Å². The van der Waals surface area contributed by atoms with Gasteiger partial charge in [-0.1, -0.05) is 12.1 Å². The third-order valence-electron chi connectivity index (χ3n) is 6.59. The Morgan fingerprint density at radius 2 is 1.74 bits per heavy atom. The van der Waals surface area contributed by atoms with Crippen molar-refractivity contribution in [1.82, 2.24) is 25.3 Å². The molecular formula is C26H25N7O. The van der Waals surface area contributed by atoms with E-state index in [2.05, 4.69) is 20.2 Å². The maximum Gasteiger partial charge on any atom is 0.248 e. The first-order chi connectivity index (χ1) is 16.7. The Bertz CT molecular complexity index is 1380. The van der Waals surface area contributed by atoms with E-state index in [9.17, 15) is 4.79 Å². The summed E-state index contributed by atoms with van der Waals surface area (Å²) >= 11 is 0. The van der Waals surface area contributed by atoms with Gasteiger partial charge in [-0.15, -0.1) is 0 Å². The Kier molecular flexibility index (Phi) is 5.15. The van der Waals surface area contributed by atoms with E-state index in [-0.39, 0.29) is 0 Å². The molecule has 0 radical (unpaired) electrons. The number of pyridine rings is 2. The molecule has 4 heterocycles. The average molecular weight is 452 g/mol. The fourth-order valence-corrected chi connectivity index (χ4v) is 4.65. The largest absolute Gasteiger partial charge is 0.366 e. The maximum absolute atomic E-state index is 11.5. The van der Waals surface area contributed by atoms with E-state index in [1.165, 1.54) is 18.4 Å². The number of carbonyl (C=O) groups excluding carboxylic acids is 1. The van der Waals surface area contributed by atoms with Crippen molar-refractivity contribution in [3.8, 4) is 22.5 Å². The van der Waals surface area contributed by atoms with Gasteiger partial charge >= 0.3 is 0 Å². The van der Waals surface area contributed by atoms with Crippen LogP contribution in [0.3, 0.4) is 0 Å². The van der Waals surface area contributed by atoms with Gasteiger partial charge in [-0.3, -0.25) is 14.8 Å². The van der Waals surface area contributed by atoms with Crippen molar-refractivity contribution in [2.45, 2.75) is 18.8 Å². The zero-order valence-electron chi connectivity index (χ0n) is 18.7. The Labute approximate surface area is 197 Å². The van der Waals surface area contributed by atoms with Gasteiger partial charge in [0.15, 0.2) is 5.82 Å². The molecule has 0 atom stereocenters. The van der Waals surface area contributed by atoms with Gasteiger partial charge in [-0.05, 0) is 48.1 Å². The number of rotatable bonds is 5. The van der Waals surface area contributed by atoms with Crippen LogP contribution in [-0.4, -0.2) is 52.0 Å². The third-order valence-corrected chi connectivity index (χ3v) is 6.59. The van der Waals surface area contributed by atoms with Gasteiger partial charge in [0.1, 0.15) is 5.82 Å². The van der Waals surface area contributed by atoms with Crippen molar-refractivity contribution < 1.29 is 4.79 Å². The number of amides is 1. The number of piperazine rings is 1. The highest BCUT2D eigenvalue weighted by Crippen LogP contribution is 2.45. The summed E-state index contributed by atoms with van der Waals surface area (Å²) in [6.07, 6.45) is 9.80. The number of fused-ring (bicyclic) bond motifs is 1. The first-order valence-electron chi connectivity index (χ1n) is 11.6. The van der Waals surface area contributed by atoms with Crippen molar-refractivity contribution >= 4 is 22.6 Å². The Morgan fingerprint density at radius 3 is 2.47 bits per heavy atom. The van der Waals surface area contributed by atoms with Gasteiger partial charge in [0.25, 0.3) is 0 Å². The Morgan fingerprint density at radius 1 is 0.941 bits per heavy atom. The topological polar surface area (TPSA) is 110 Å². The molecule has 1 saturated carbocycles. The number of benzene rings is 1. The van der Waals surface area contributed by atoms with Gasteiger partial charge in [-0.25, -0.2) is 9.97 Å². The van der Waals surface area contributed by atoms with Crippen LogP contribution < -0.4 is 16.0 Å². The van der Waals surface area contributed by atoms with Crippen LogP contribution in [0.2, 0.25) is 0 Å². The zero-order chi connectivity index (χ0) is 23.1. The molecule has 2 aliphatic rings. The van der Waals surface area contributed by atoms with Crippen LogP contribution in [0.4, 0.5) is 5.82 Å². The highest BCUT2D eigenvalue weighted by atomic mass is 16.1. The Balaban J connectivity index is 1.53. The van der Waals surface area contributed by atoms with E-state index in [4.69, 9.17) is 15.7 Å². The number of aromatic nitrogens is 4. The predicted molar refractivity (Wildman–Crippen MR) is 132 cm³/mol. The van der Waals surface area contributed by atoms with Crippen LogP contribution in [0.25, 0.3) is 33.4 Å². The van der Waals surface area contributed by atoms with Gasteiger partial charge in [-0.2, -0.15) is 0 Å². The lowest BCUT2D eigenvalue weighted by Gasteiger charge is -2.30. The maximum atomic E-state index is 11.5. The molecule has 6 rings (SSSR count). The molecule has 4 aromatic rings. The molecule has 170 valence electrons. The number of hydrogen-bond donors (Lipinski definition) is 2. The first kappa shape index (κ1) is 20.7. The second kappa shape index (κ2) is 8.46. The van der Waals surface area contributed by atoms with Crippen molar-refractivity contribution in [3.63, 3.8) is 0 Å². The fraction of sp³-hybridized carbons (Fsp3) is 0.269. The summed E-state index contributed by atoms with van der Waals surface area (Å²) in [5.74, 6) is 1.73. The van der Waals surface area contributed by atoms with E-state index >= 15 is 0 Å². The van der Waals surface area contributed by atoms with Crippen molar-refractivity contribution in [3.05, 3.63) is 66.2 Å². The summed E-state index contributed by atoms with van der Waals surface area (Å²) < 4.78 is 0. The van der Waals surface area contributed by atoms with E-state index in [1.54, 1.807) is 18.3 Å². The molecule has 1 amide bonds. The zero-order valence-corrected chi connectivity index (χ0v) is 18.7. The fourth-order valence-electron chi connectivity index (χ4n) is 4.65. The Hall–Kier alpha value is -3.91. The SMILES string of the molecule is NC(=O)c1ccc(-c2cnccc2-c2nc(N3CCNCC3)c3c(C4CC4)cncc3n2)cc1. The number of hydrogen-bond acceptors (Lipinski definition) is 7. The van der Waals surface area contributed by atoms with Crippen LogP contribution in [0.5, 0.6) is 0 Å². The van der Waals surface area contributed by atoms with Gasteiger partial charge in [0.2, 0.25) is 5.91 Å². The molecule has 3 aromatic heterocycles. The molecule has 8 heteroatoms. The first-order valence-corrected chi connectivity index (χ1v) is 11.6. The molecule has 8 nitrogen and oxygen atoms in total. The predicted octanol–water partition coefficient (Wildman–Crippen LogP) is 3.14. The van der Waals surface area contributed by atoms with Crippen LogP contribution in [0.15, 0.2) is 55.1 Å². The minimum atomic E-state index is -0.449. The normalized spacial score (nSPS) is 16.1. The molecule has 0 spiro atoms. The summed E-state index contributed by atoms with van der Waals surface area (Å²) in [4.78, 5) is 32.9. The number of nitrogens with one attached hydrogen (secondary N) is 1. The second-order valence-electron chi connectivity index (χ2n) is 8.87. The summed E-state index contributed by atoms with van der Waals surface area (Å²) in [7, 11) is 0. The summed E-state index contributed by atoms with van der Waals surface area (Å²) in [5, 5.41) is 4.56. The lowest BCUT2D eigenvalue weighted by atomic mass is 9.99. The minimum absolute atomic E-state index is 0.449. The van der Waals surface area contributed by atoms with Gasteiger partial charge < -0.3 is 16.0 Å². The van der Waals surface area contributed by atoms with Crippen LogP contribution >= 0.6 is 0 Å². The molecule has 0 bridgehead atoms. The molecule has 2 fully saturated rings. The highest BCUT2D eigenvalue weighted by Gasteiger charge is 2.29. The summed E-state index contributed by atoms with van der Waals surface area (Å²) in [6.45, 7) is 3.65. The lowest BCUT2D eigenvalue weighted by Crippen LogP contribution is -2.44. The van der Waals surface area contributed by atoms with Gasteiger partial charge in [0, 0.05) is 66.8 Å². The second-order valence-corrected chi connectivity index (χ2v) is 8.87. The third kappa shape index (κ3) is 3.76. The van der Waals surface area contributed by atoms with E-state index in [1.807, 2.05) is 36.8 Å². The number of nitrogens with two attached hydrogens (primary N) is 1. The molecule has 1 saturated heterocycles. The summed E-state index contributed by atoms with van der Waals surface area (Å²) in [5.41, 5.74) is 10.7. The monoisotopic (exact) mass is 451 g/mol. The molecule has 1 aromatic carbocycles. The molecular weight excluding hydrogens is 426 g/mol. The standard InChI is InChI=1S/C26H25N7O/c27-24(34)18-5-3-16(4-6-18)20-13-29-8-7-19(20)25-31-22-15-30-14-21(17-1-2-17)23(22)26(32-25)33-11-9-28-10-12-33/h3-8,13-15,17,28H,1-2,9-12H2,(H2,27,34). The summed E-state index contributed by atoms with van der Waals surface area (Å²) in [6, 6.07) is 9.16. The van der Waals surface area contributed by atoms with E-state index < -0.39 is 5.91 Å². The average Bonchev–Trinajstić information content (AvgIpc) is 3.74. The molecule has 1 aliphatic heterocycles. The molecule has 1 aliphatic carbocycles. The highest BCUT2D eigenvalue weighted by molar-refractivity contribution is 5.96. The van der Waals surface area contributed by atoms with Crippen LogP contribution in [0.1, 0.15) is 34.7 Å². The molecule has 0 unspecified atom stereocenters. The number of carbonyl (C=O) groups is 1.